The molecule has 0 bridgehead atoms. The molecule has 0 unspecified atom stereocenters. The predicted molar refractivity (Wildman–Crippen MR) is 110 cm³/mol. The fourth-order valence-electron chi connectivity index (χ4n) is 2.71. The first-order valence-corrected chi connectivity index (χ1v) is 9.90. The van der Waals surface area contributed by atoms with Gasteiger partial charge in [-0.05, 0) is 43.0 Å². The molecule has 6 heteroatoms. The molecule has 0 fully saturated rings. The fraction of sp³-hybridized carbons (Fsp3) is 0.286. The lowest BCUT2D eigenvalue weighted by atomic mass is 10.0. The average Bonchev–Trinajstić information content (AvgIpc) is 3.06. The Morgan fingerprint density at radius 1 is 1.22 bits per heavy atom. The number of carbonyl (C=O) groups excluding carboxylic acids is 1. The Hall–Kier alpha value is -2.24. The van der Waals surface area contributed by atoms with Gasteiger partial charge in [0.25, 0.3) is 0 Å². The van der Waals surface area contributed by atoms with E-state index in [0.29, 0.717) is 11.6 Å². The Labute approximate surface area is 168 Å². The lowest BCUT2D eigenvalue weighted by Gasteiger charge is -2.06. The third kappa shape index (κ3) is 4.37. The van der Waals surface area contributed by atoms with Crippen LogP contribution in [0.15, 0.2) is 36.4 Å². The van der Waals surface area contributed by atoms with Crippen molar-refractivity contribution < 1.29 is 9.53 Å². The normalized spacial score (nSPS) is 11.0. The number of halogens is 1. The Morgan fingerprint density at radius 2 is 2.00 bits per heavy atom. The number of carbonyl (C=O) groups is 1. The van der Waals surface area contributed by atoms with Crippen molar-refractivity contribution in [3.8, 4) is 22.0 Å². The highest BCUT2D eigenvalue weighted by molar-refractivity contribution is 7.15. The van der Waals surface area contributed by atoms with Crippen LogP contribution in [0.4, 0.5) is 0 Å². The van der Waals surface area contributed by atoms with E-state index in [4.69, 9.17) is 21.3 Å². The monoisotopic (exact) mass is 400 g/mol. The van der Waals surface area contributed by atoms with Gasteiger partial charge in [-0.25, -0.2) is 14.8 Å². The van der Waals surface area contributed by atoms with Crippen molar-refractivity contribution in [2.75, 3.05) is 7.11 Å². The van der Waals surface area contributed by atoms with Crippen LogP contribution in [0.1, 0.15) is 34.8 Å². The summed E-state index contributed by atoms with van der Waals surface area (Å²) >= 11 is 7.93. The number of rotatable bonds is 5. The van der Waals surface area contributed by atoms with Gasteiger partial charge in [-0.15, -0.1) is 11.3 Å². The predicted octanol–water partition coefficient (Wildman–Crippen LogP) is 5.82. The summed E-state index contributed by atoms with van der Waals surface area (Å²) in [4.78, 5) is 22.2. The van der Waals surface area contributed by atoms with Gasteiger partial charge in [0.2, 0.25) is 0 Å². The van der Waals surface area contributed by atoms with Gasteiger partial charge in [0.1, 0.15) is 10.7 Å². The van der Waals surface area contributed by atoms with E-state index in [-0.39, 0.29) is 5.69 Å². The molecule has 0 spiro atoms. The van der Waals surface area contributed by atoms with E-state index in [1.54, 1.807) is 23.5 Å². The van der Waals surface area contributed by atoms with Crippen molar-refractivity contribution >= 4 is 28.9 Å². The highest BCUT2D eigenvalue weighted by Gasteiger charge is 2.18. The summed E-state index contributed by atoms with van der Waals surface area (Å²) in [7, 11) is 1.35. The second-order valence-electron chi connectivity index (χ2n) is 6.75. The van der Waals surface area contributed by atoms with Crippen molar-refractivity contribution in [1.29, 1.82) is 0 Å². The minimum atomic E-state index is -0.457. The summed E-state index contributed by atoms with van der Waals surface area (Å²) in [5, 5.41) is 1.51. The fourth-order valence-corrected chi connectivity index (χ4v) is 4.15. The smallest absolute Gasteiger partial charge is 0.356 e. The maximum atomic E-state index is 11.8. The zero-order valence-electron chi connectivity index (χ0n) is 15.7. The Kier molecular flexibility index (Phi) is 5.92. The number of nitrogens with zero attached hydrogens (tertiary/aromatic N) is 2. The summed E-state index contributed by atoms with van der Waals surface area (Å²) in [6.07, 6.45) is 0.912. The number of benzene rings is 1. The summed E-state index contributed by atoms with van der Waals surface area (Å²) < 4.78 is 4.77. The van der Waals surface area contributed by atoms with E-state index >= 15 is 0 Å². The minimum Gasteiger partial charge on any atom is -0.464 e. The molecule has 0 aliphatic heterocycles. The lowest BCUT2D eigenvalue weighted by Crippen LogP contribution is -2.04. The molecule has 4 nitrogen and oxygen atoms in total. The van der Waals surface area contributed by atoms with Crippen LogP contribution in [-0.2, 0) is 11.2 Å². The second-order valence-corrected chi connectivity index (χ2v) is 8.24. The molecular formula is C21H21ClN2O2S. The van der Waals surface area contributed by atoms with Crippen molar-refractivity contribution in [2.24, 2.45) is 5.92 Å². The topological polar surface area (TPSA) is 52.1 Å². The minimum absolute atomic E-state index is 0.274. The van der Waals surface area contributed by atoms with Gasteiger partial charge in [0.15, 0.2) is 0 Å². The van der Waals surface area contributed by atoms with E-state index in [2.05, 4.69) is 18.8 Å². The van der Waals surface area contributed by atoms with Crippen molar-refractivity contribution in [2.45, 2.75) is 27.2 Å². The van der Waals surface area contributed by atoms with Crippen LogP contribution >= 0.6 is 22.9 Å². The Bertz CT molecular complexity index is 982. The summed E-state index contributed by atoms with van der Waals surface area (Å²) in [5.74, 6) is 0.0358. The molecule has 0 amide bonds. The first-order chi connectivity index (χ1) is 12.9. The SMILES string of the molecule is COC(=O)c1cccc(-c2nc(-c3ccc(C)c(Cl)c3)c(CC(C)C)s2)n1. The molecule has 0 N–H and O–H groups in total. The molecule has 3 aromatic rings. The maximum absolute atomic E-state index is 11.8. The van der Waals surface area contributed by atoms with Crippen molar-refractivity contribution in [1.82, 2.24) is 9.97 Å². The number of ether oxygens (including phenoxy) is 1. The molecule has 3 rings (SSSR count). The van der Waals surface area contributed by atoms with Crippen LogP contribution in [0.5, 0.6) is 0 Å². The second kappa shape index (κ2) is 8.19. The number of thiazole rings is 1. The summed E-state index contributed by atoms with van der Waals surface area (Å²) in [6, 6.07) is 11.3. The van der Waals surface area contributed by atoms with Crippen LogP contribution in [0.3, 0.4) is 0 Å². The molecule has 0 aliphatic carbocycles. The molecular weight excluding hydrogens is 380 g/mol. The number of aromatic nitrogens is 2. The zero-order valence-corrected chi connectivity index (χ0v) is 17.3. The highest BCUT2D eigenvalue weighted by Crippen LogP contribution is 2.36. The highest BCUT2D eigenvalue weighted by atomic mass is 35.5. The first-order valence-electron chi connectivity index (χ1n) is 8.71. The maximum Gasteiger partial charge on any atom is 0.356 e. The van der Waals surface area contributed by atoms with Gasteiger partial charge in [-0.3, -0.25) is 0 Å². The van der Waals surface area contributed by atoms with Crippen LogP contribution in [-0.4, -0.2) is 23.0 Å². The Morgan fingerprint density at radius 3 is 2.67 bits per heavy atom. The largest absolute Gasteiger partial charge is 0.464 e. The standard InChI is InChI=1S/C21H21ClN2O2S/c1-12(2)10-18-19(14-9-8-13(3)15(22)11-14)24-20(27-18)16-6-5-7-17(23-16)21(25)26-4/h5-9,11-12H,10H2,1-4H3. The van der Waals surface area contributed by atoms with Gasteiger partial charge in [-0.2, -0.15) is 0 Å². The van der Waals surface area contributed by atoms with Gasteiger partial charge in [0, 0.05) is 15.5 Å². The zero-order chi connectivity index (χ0) is 19.6. The molecule has 0 saturated heterocycles. The van der Waals surface area contributed by atoms with E-state index in [0.717, 1.165) is 33.3 Å². The van der Waals surface area contributed by atoms with Crippen LogP contribution in [0.25, 0.3) is 22.0 Å². The van der Waals surface area contributed by atoms with Crippen molar-refractivity contribution in [3.63, 3.8) is 0 Å². The molecule has 0 atom stereocenters. The van der Waals surface area contributed by atoms with Crippen LogP contribution < -0.4 is 0 Å². The molecule has 2 aromatic heterocycles. The summed E-state index contributed by atoms with van der Waals surface area (Å²) in [6.45, 7) is 6.35. The molecule has 0 saturated carbocycles. The molecule has 2 heterocycles. The number of esters is 1. The first kappa shape index (κ1) is 19.5. The number of pyridine rings is 1. The average molecular weight is 401 g/mol. The third-order valence-corrected chi connectivity index (χ3v) is 5.61. The molecule has 1 aromatic carbocycles. The number of hydrogen-bond donors (Lipinski definition) is 0. The molecule has 0 radical (unpaired) electrons. The quantitative estimate of drug-likeness (QED) is 0.506. The van der Waals surface area contributed by atoms with Gasteiger partial charge < -0.3 is 4.74 Å². The van der Waals surface area contributed by atoms with Gasteiger partial charge >= 0.3 is 5.97 Å². The van der Waals surface area contributed by atoms with E-state index in [9.17, 15) is 4.79 Å². The lowest BCUT2D eigenvalue weighted by molar-refractivity contribution is 0.0594. The summed E-state index contributed by atoms with van der Waals surface area (Å²) in [5.41, 5.74) is 3.89. The van der Waals surface area contributed by atoms with E-state index in [1.165, 1.54) is 12.0 Å². The number of hydrogen-bond acceptors (Lipinski definition) is 5. The van der Waals surface area contributed by atoms with Gasteiger partial charge in [0.05, 0.1) is 18.5 Å². The Balaban J connectivity index is 2.09. The molecule has 0 aliphatic rings. The number of methoxy groups -OCH3 is 1. The van der Waals surface area contributed by atoms with Crippen LogP contribution in [0, 0.1) is 12.8 Å². The van der Waals surface area contributed by atoms with E-state index < -0.39 is 5.97 Å². The molecule has 27 heavy (non-hydrogen) atoms. The van der Waals surface area contributed by atoms with Crippen LogP contribution in [0.2, 0.25) is 5.02 Å². The third-order valence-electron chi connectivity index (χ3n) is 4.10. The number of aryl methyl sites for hydroxylation is 1. The van der Waals surface area contributed by atoms with E-state index in [1.807, 2.05) is 31.2 Å². The van der Waals surface area contributed by atoms with Crippen molar-refractivity contribution in [3.05, 3.63) is 57.6 Å². The molecule has 140 valence electrons. The van der Waals surface area contributed by atoms with Gasteiger partial charge in [-0.1, -0.05) is 43.6 Å².